The Balaban J connectivity index is -0.000000274. The van der Waals surface area contributed by atoms with E-state index in [9.17, 15) is 28.8 Å². The van der Waals surface area contributed by atoms with E-state index in [-0.39, 0.29) is 37.5 Å². The first kappa shape index (κ1) is 42.9. The summed E-state index contributed by atoms with van der Waals surface area (Å²) in [5, 5.41) is 23.7. The second-order valence-electron chi connectivity index (χ2n) is 8.16. The molecule has 12 heteroatoms. The number of ether oxygens (including phenoxy) is 3. The van der Waals surface area contributed by atoms with Crippen molar-refractivity contribution in [3.8, 4) is 0 Å². The van der Waals surface area contributed by atoms with E-state index in [0.29, 0.717) is 51.4 Å². The predicted octanol–water partition coefficient (Wildman–Crippen LogP) is 5.00. The Morgan fingerprint density at radius 3 is 0.923 bits per heavy atom. The quantitative estimate of drug-likeness (QED) is 0.158. The van der Waals surface area contributed by atoms with Crippen molar-refractivity contribution in [2.75, 3.05) is 13.2 Å². The van der Waals surface area contributed by atoms with Gasteiger partial charge in [-0.3, -0.25) is 28.8 Å². The van der Waals surface area contributed by atoms with Crippen molar-refractivity contribution in [3.05, 3.63) is 0 Å². The molecule has 0 bridgehead atoms. The van der Waals surface area contributed by atoms with Gasteiger partial charge in [-0.1, -0.05) is 41.5 Å². The van der Waals surface area contributed by atoms with E-state index < -0.39 is 24.0 Å². The highest BCUT2D eigenvalue weighted by atomic mass is 16.6. The molecule has 0 aliphatic rings. The maximum Gasteiger partial charge on any atom is 0.306 e. The SMILES string of the molecule is CCCC(=O)O.CCCC(=O)O.CCCC(=O)O.CCCC(=O)OCC(COC(=O)CCC)OC(=O)CCC. The van der Waals surface area contributed by atoms with E-state index in [1.165, 1.54) is 0 Å². The van der Waals surface area contributed by atoms with Gasteiger partial charge in [-0.25, -0.2) is 0 Å². The van der Waals surface area contributed by atoms with Crippen LogP contribution in [-0.2, 0) is 43.0 Å². The zero-order valence-electron chi connectivity index (χ0n) is 24.5. The van der Waals surface area contributed by atoms with Crippen LogP contribution in [0.2, 0.25) is 0 Å². The van der Waals surface area contributed by atoms with Gasteiger partial charge in [0.25, 0.3) is 0 Å². The molecule has 0 aliphatic heterocycles. The average molecular weight is 567 g/mol. The van der Waals surface area contributed by atoms with Gasteiger partial charge in [-0.05, 0) is 38.5 Å². The summed E-state index contributed by atoms with van der Waals surface area (Å²) in [6.07, 6.45) is 5.26. The third kappa shape index (κ3) is 45.2. The van der Waals surface area contributed by atoms with E-state index in [4.69, 9.17) is 29.5 Å². The number of carbonyl (C=O) groups is 6. The molecule has 12 nitrogen and oxygen atoms in total. The molecule has 230 valence electrons. The zero-order valence-corrected chi connectivity index (χ0v) is 24.5. The van der Waals surface area contributed by atoms with Crippen molar-refractivity contribution in [2.45, 2.75) is 125 Å². The maximum absolute atomic E-state index is 11.5. The number of carbonyl (C=O) groups excluding carboxylic acids is 3. The second-order valence-corrected chi connectivity index (χ2v) is 8.16. The lowest BCUT2D eigenvalue weighted by molar-refractivity contribution is -0.166. The Labute approximate surface area is 232 Å². The highest BCUT2D eigenvalue weighted by molar-refractivity contribution is 5.71. The van der Waals surface area contributed by atoms with Crippen LogP contribution >= 0.6 is 0 Å². The molecule has 0 aromatic carbocycles. The Morgan fingerprint density at radius 2 is 0.718 bits per heavy atom. The molecular weight excluding hydrogens is 516 g/mol. The van der Waals surface area contributed by atoms with Gasteiger partial charge in [0.15, 0.2) is 6.10 Å². The van der Waals surface area contributed by atoms with Gasteiger partial charge >= 0.3 is 35.8 Å². The van der Waals surface area contributed by atoms with Crippen LogP contribution in [0.4, 0.5) is 0 Å². The van der Waals surface area contributed by atoms with Gasteiger partial charge in [0.1, 0.15) is 13.2 Å². The minimum atomic E-state index is -0.745. The van der Waals surface area contributed by atoms with Crippen LogP contribution in [0.25, 0.3) is 0 Å². The summed E-state index contributed by atoms with van der Waals surface area (Å²) in [7, 11) is 0. The fourth-order valence-electron chi connectivity index (χ4n) is 2.13. The number of rotatable bonds is 17. The number of esters is 3. The third-order valence-corrected chi connectivity index (χ3v) is 3.91. The minimum Gasteiger partial charge on any atom is -0.481 e. The largest absolute Gasteiger partial charge is 0.481 e. The van der Waals surface area contributed by atoms with Gasteiger partial charge in [-0.15, -0.1) is 0 Å². The summed E-state index contributed by atoms with van der Waals surface area (Å²) in [5.41, 5.74) is 0. The molecule has 0 aromatic rings. The maximum atomic E-state index is 11.5. The topological polar surface area (TPSA) is 191 Å². The van der Waals surface area contributed by atoms with E-state index in [1.54, 1.807) is 0 Å². The molecule has 3 N–H and O–H groups in total. The molecule has 0 saturated carbocycles. The molecule has 0 unspecified atom stereocenters. The number of carboxylic acids is 3. The Morgan fingerprint density at radius 1 is 0.462 bits per heavy atom. The fourth-order valence-corrected chi connectivity index (χ4v) is 2.13. The number of hydrogen-bond donors (Lipinski definition) is 3. The van der Waals surface area contributed by atoms with Crippen LogP contribution in [0.1, 0.15) is 119 Å². The van der Waals surface area contributed by atoms with E-state index in [1.807, 2.05) is 41.5 Å². The molecule has 0 spiro atoms. The first-order chi connectivity index (χ1) is 18.3. The van der Waals surface area contributed by atoms with Gasteiger partial charge in [0.05, 0.1) is 0 Å². The zero-order chi connectivity index (χ0) is 31.1. The van der Waals surface area contributed by atoms with Crippen molar-refractivity contribution in [1.82, 2.24) is 0 Å². The molecule has 0 aliphatic carbocycles. The average Bonchev–Trinajstić information content (AvgIpc) is 2.82. The normalized spacial score (nSPS) is 9.31. The van der Waals surface area contributed by atoms with E-state index >= 15 is 0 Å². The summed E-state index contributed by atoms with van der Waals surface area (Å²) in [4.78, 5) is 62.9. The van der Waals surface area contributed by atoms with Crippen molar-refractivity contribution in [2.24, 2.45) is 0 Å². The van der Waals surface area contributed by atoms with Crippen LogP contribution in [0.5, 0.6) is 0 Å². The van der Waals surface area contributed by atoms with Gasteiger partial charge < -0.3 is 29.5 Å². The standard InChI is InChI=1S/C15H26O6.3C4H8O2/c1-4-7-13(16)19-10-12(21-15(18)9-6-3)11-20-14(17)8-5-2;3*1-2-3-4(5)6/h12H,4-11H2,1-3H3;3*2-3H2,1H3,(H,5,6). The van der Waals surface area contributed by atoms with Crippen molar-refractivity contribution in [1.29, 1.82) is 0 Å². The van der Waals surface area contributed by atoms with Gasteiger partial charge in [0, 0.05) is 38.5 Å². The Kier molecular flexibility index (Phi) is 36.1. The van der Waals surface area contributed by atoms with Crippen LogP contribution < -0.4 is 0 Å². The van der Waals surface area contributed by atoms with Crippen LogP contribution in [0.15, 0.2) is 0 Å². The molecular formula is C27H50O12. The lowest BCUT2D eigenvalue weighted by atomic mass is 10.3. The van der Waals surface area contributed by atoms with Crippen molar-refractivity contribution in [3.63, 3.8) is 0 Å². The molecule has 0 heterocycles. The molecule has 0 aromatic heterocycles. The lowest BCUT2D eigenvalue weighted by Gasteiger charge is -2.18. The number of aliphatic carboxylic acids is 3. The summed E-state index contributed by atoms with van der Waals surface area (Å²) < 4.78 is 15.2. The summed E-state index contributed by atoms with van der Waals surface area (Å²) in [6, 6.07) is 0. The third-order valence-electron chi connectivity index (χ3n) is 3.91. The summed E-state index contributed by atoms with van der Waals surface area (Å²) in [6.45, 7) is 10.9. The lowest BCUT2D eigenvalue weighted by Crippen LogP contribution is -2.30. The molecule has 0 saturated heterocycles. The Bertz CT molecular complexity index is 601. The second kappa shape index (κ2) is 32.8. The minimum absolute atomic E-state index is 0.0896. The molecule has 0 rings (SSSR count). The number of carboxylic acid groups (broad SMARTS) is 3. The highest BCUT2D eigenvalue weighted by Gasteiger charge is 2.18. The summed E-state index contributed by atoms with van der Waals surface area (Å²) in [5.74, 6) is -3.23. The highest BCUT2D eigenvalue weighted by Crippen LogP contribution is 2.03. The molecule has 0 atom stereocenters. The fraction of sp³-hybridized carbons (Fsp3) is 0.778. The molecule has 0 radical (unpaired) electrons. The Hall–Kier alpha value is -3.18. The van der Waals surface area contributed by atoms with Gasteiger partial charge in [0.2, 0.25) is 0 Å². The van der Waals surface area contributed by atoms with Crippen molar-refractivity contribution < 1.29 is 58.3 Å². The smallest absolute Gasteiger partial charge is 0.306 e. The molecule has 39 heavy (non-hydrogen) atoms. The predicted molar refractivity (Wildman–Crippen MR) is 144 cm³/mol. The van der Waals surface area contributed by atoms with Crippen LogP contribution in [0, 0.1) is 0 Å². The first-order valence-electron chi connectivity index (χ1n) is 13.5. The first-order valence-corrected chi connectivity index (χ1v) is 13.5. The summed E-state index contributed by atoms with van der Waals surface area (Å²) >= 11 is 0. The molecule has 0 fully saturated rings. The van der Waals surface area contributed by atoms with Gasteiger partial charge in [-0.2, -0.15) is 0 Å². The van der Waals surface area contributed by atoms with Crippen LogP contribution in [-0.4, -0.2) is 70.5 Å². The van der Waals surface area contributed by atoms with E-state index in [0.717, 1.165) is 19.3 Å². The van der Waals surface area contributed by atoms with Crippen molar-refractivity contribution >= 4 is 35.8 Å². The van der Waals surface area contributed by atoms with E-state index in [2.05, 4.69) is 0 Å². The monoisotopic (exact) mass is 566 g/mol. The molecule has 0 amide bonds. The van der Waals surface area contributed by atoms with Crippen LogP contribution in [0.3, 0.4) is 0 Å². The number of hydrogen-bond acceptors (Lipinski definition) is 9.